The van der Waals surface area contributed by atoms with E-state index in [0.717, 1.165) is 4.57 Å². The molecule has 0 atom stereocenters. The van der Waals surface area contributed by atoms with E-state index >= 15 is 0 Å². The summed E-state index contributed by atoms with van der Waals surface area (Å²) in [4.78, 5) is 13.2. The second kappa shape index (κ2) is 3.10. The van der Waals surface area contributed by atoms with Crippen LogP contribution in [0.25, 0.3) is 0 Å². The Hall–Kier alpha value is -0.750. The molecule has 0 spiro atoms. The molecule has 0 radical (unpaired) electrons. The molecular weight excluding hydrogens is 216 g/mol. The Kier molecular flexibility index (Phi) is 2.35. The fourth-order valence-electron chi connectivity index (χ4n) is 0.723. The summed E-state index contributed by atoms with van der Waals surface area (Å²) in [6.45, 7) is 0.127. The van der Waals surface area contributed by atoms with Crippen LogP contribution in [0, 0.1) is 0 Å². The lowest BCUT2D eigenvalue weighted by molar-refractivity contribution is 0.357. The highest BCUT2D eigenvalue weighted by molar-refractivity contribution is 9.06. The third-order valence-corrected chi connectivity index (χ3v) is 1.58. The van der Waals surface area contributed by atoms with Crippen molar-refractivity contribution in [2.24, 2.45) is 7.05 Å². The van der Waals surface area contributed by atoms with Gasteiger partial charge in [-0.05, 0) is 0 Å². The lowest BCUT2D eigenvalue weighted by Crippen LogP contribution is -2.11. The Morgan fingerprint density at radius 1 is 1.82 bits per heavy atom. The van der Waals surface area contributed by atoms with Gasteiger partial charge in [-0.15, -0.1) is 0 Å². The van der Waals surface area contributed by atoms with E-state index in [-0.39, 0.29) is 18.2 Å². The minimum Gasteiger partial charge on any atom is -0.493 e. The van der Waals surface area contributed by atoms with Crippen molar-refractivity contribution in [1.29, 1.82) is 0 Å². The van der Waals surface area contributed by atoms with Crippen LogP contribution in [-0.4, -0.2) is 14.7 Å². The molecule has 0 aliphatic carbocycles. The monoisotopic (exact) mass is 222 g/mol. The Bertz CT molecular complexity index is 303. The van der Waals surface area contributed by atoms with Gasteiger partial charge in [-0.1, -0.05) is 0 Å². The maximum Gasteiger partial charge on any atom is 0.328 e. The quantitative estimate of drug-likeness (QED) is 0.754. The van der Waals surface area contributed by atoms with Crippen molar-refractivity contribution in [2.75, 3.05) is 0 Å². The molecule has 0 saturated heterocycles. The number of hydrogen-bond acceptors (Lipinski definition) is 3. The van der Waals surface area contributed by atoms with Gasteiger partial charge in [-0.25, -0.2) is 4.79 Å². The van der Waals surface area contributed by atoms with Crippen molar-refractivity contribution in [1.82, 2.24) is 9.55 Å². The van der Waals surface area contributed by atoms with Crippen LogP contribution in [0.1, 0.15) is 5.69 Å². The van der Waals surface area contributed by atoms with E-state index < -0.39 is 0 Å². The molecule has 2 N–H and O–H groups in total. The van der Waals surface area contributed by atoms with Crippen LogP contribution in [0.5, 0.6) is 5.88 Å². The molecule has 0 amide bonds. The molecule has 0 fully saturated rings. The van der Waals surface area contributed by atoms with Gasteiger partial charge < -0.3 is 13.9 Å². The number of rotatable bonds is 2. The molecule has 62 valence electrons. The van der Waals surface area contributed by atoms with Crippen LogP contribution < -0.4 is 5.69 Å². The molecule has 11 heavy (non-hydrogen) atoms. The predicted octanol–water partition coefficient (Wildman–Crippen LogP) is 0.245. The maximum absolute atomic E-state index is 10.8. The Labute approximate surface area is 71.1 Å². The van der Waals surface area contributed by atoms with Crippen molar-refractivity contribution < 1.29 is 8.93 Å². The van der Waals surface area contributed by atoms with Gasteiger partial charge in [0.05, 0.1) is 16.3 Å². The van der Waals surface area contributed by atoms with Gasteiger partial charge in [0.15, 0.2) is 0 Å². The molecule has 0 saturated carbocycles. The summed E-state index contributed by atoms with van der Waals surface area (Å²) in [6, 6.07) is 0. The molecule has 0 aliphatic heterocycles. The van der Waals surface area contributed by atoms with Crippen molar-refractivity contribution in [2.45, 2.75) is 6.61 Å². The fourth-order valence-corrected chi connectivity index (χ4v) is 0.952. The number of nitrogens with one attached hydrogen (secondary N) is 1. The predicted molar refractivity (Wildman–Crippen MR) is 41.4 cm³/mol. The summed E-state index contributed by atoms with van der Waals surface area (Å²) in [6.07, 6.45) is 0. The largest absolute Gasteiger partial charge is 0.493 e. The van der Waals surface area contributed by atoms with Crippen LogP contribution in [0.3, 0.4) is 0 Å². The van der Waals surface area contributed by atoms with Crippen LogP contribution in [0.2, 0.25) is 0 Å². The number of imidazole rings is 1. The van der Waals surface area contributed by atoms with Gasteiger partial charge in [0.1, 0.15) is 12.3 Å². The standard InChI is InChI=1S/C5H7BrN2O3/c1-8-4(9)3(2-11-6)7-5(8)10/h9H,2H2,1H3,(H,7,10). The molecule has 0 unspecified atom stereocenters. The van der Waals surface area contributed by atoms with Gasteiger partial charge in [-0.2, -0.15) is 0 Å². The molecular formula is C5H7BrN2O3. The van der Waals surface area contributed by atoms with Crippen molar-refractivity contribution in [3.8, 4) is 5.88 Å². The number of aromatic nitrogens is 2. The molecule has 0 aliphatic rings. The van der Waals surface area contributed by atoms with Crippen LogP contribution in [-0.2, 0) is 17.5 Å². The third kappa shape index (κ3) is 1.46. The van der Waals surface area contributed by atoms with E-state index in [2.05, 4.69) is 25.1 Å². The first-order chi connectivity index (χ1) is 5.16. The number of aromatic amines is 1. The second-order valence-corrected chi connectivity index (χ2v) is 2.50. The van der Waals surface area contributed by atoms with Crippen molar-refractivity contribution in [3.63, 3.8) is 0 Å². The van der Waals surface area contributed by atoms with Gasteiger partial charge in [-0.3, -0.25) is 4.57 Å². The average molecular weight is 223 g/mol. The number of aromatic hydroxyl groups is 1. The van der Waals surface area contributed by atoms with Crippen LogP contribution in [0.15, 0.2) is 4.79 Å². The van der Waals surface area contributed by atoms with E-state index in [1.54, 1.807) is 0 Å². The van der Waals surface area contributed by atoms with Crippen molar-refractivity contribution in [3.05, 3.63) is 16.2 Å². The molecule has 0 aromatic carbocycles. The second-order valence-electron chi connectivity index (χ2n) is 2.04. The van der Waals surface area contributed by atoms with Crippen LogP contribution in [0.4, 0.5) is 0 Å². The van der Waals surface area contributed by atoms with Gasteiger partial charge in [0.2, 0.25) is 5.88 Å². The zero-order valence-electron chi connectivity index (χ0n) is 5.80. The minimum atomic E-state index is -0.359. The minimum absolute atomic E-state index is 0.102. The summed E-state index contributed by atoms with van der Waals surface area (Å²) >= 11 is 2.71. The number of halogens is 1. The Morgan fingerprint density at radius 2 is 2.45 bits per heavy atom. The third-order valence-electron chi connectivity index (χ3n) is 1.35. The summed E-state index contributed by atoms with van der Waals surface area (Å²) < 4.78 is 5.64. The number of hydrogen-bond donors (Lipinski definition) is 2. The molecule has 6 heteroatoms. The summed E-state index contributed by atoms with van der Waals surface area (Å²) in [5.74, 6) is -0.102. The van der Waals surface area contributed by atoms with Crippen LogP contribution >= 0.6 is 16.3 Å². The molecule has 5 nitrogen and oxygen atoms in total. The first-order valence-electron chi connectivity index (χ1n) is 2.87. The molecule has 0 bridgehead atoms. The molecule has 1 aromatic heterocycles. The first-order valence-corrected chi connectivity index (χ1v) is 3.52. The number of nitrogens with zero attached hydrogens (tertiary/aromatic N) is 1. The smallest absolute Gasteiger partial charge is 0.328 e. The van der Waals surface area contributed by atoms with Crippen molar-refractivity contribution >= 4 is 16.3 Å². The molecule has 1 aromatic rings. The number of H-pyrrole nitrogens is 1. The maximum atomic E-state index is 10.8. The lowest BCUT2D eigenvalue weighted by atomic mass is 10.5. The SMILES string of the molecule is Cn1c(O)c(COBr)[nH]c1=O. The highest BCUT2D eigenvalue weighted by Gasteiger charge is 2.08. The average Bonchev–Trinajstić information content (AvgIpc) is 2.19. The van der Waals surface area contributed by atoms with E-state index in [0.29, 0.717) is 5.69 Å². The van der Waals surface area contributed by atoms with E-state index in [4.69, 9.17) is 0 Å². The zero-order chi connectivity index (χ0) is 8.43. The highest BCUT2D eigenvalue weighted by Crippen LogP contribution is 2.12. The topological polar surface area (TPSA) is 67.2 Å². The van der Waals surface area contributed by atoms with Gasteiger partial charge in [0, 0.05) is 7.05 Å². The summed E-state index contributed by atoms with van der Waals surface area (Å²) in [7, 11) is 1.46. The lowest BCUT2D eigenvalue weighted by Gasteiger charge is -1.93. The zero-order valence-corrected chi connectivity index (χ0v) is 7.38. The van der Waals surface area contributed by atoms with Gasteiger partial charge in [0.25, 0.3) is 0 Å². The highest BCUT2D eigenvalue weighted by atomic mass is 79.9. The molecule has 1 heterocycles. The van der Waals surface area contributed by atoms with E-state index in [1.165, 1.54) is 7.05 Å². The fraction of sp³-hybridized carbons (Fsp3) is 0.400. The van der Waals surface area contributed by atoms with E-state index in [9.17, 15) is 9.90 Å². The normalized spacial score (nSPS) is 10.4. The summed E-state index contributed by atoms with van der Waals surface area (Å²) in [5, 5.41) is 9.18. The Balaban J connectivity index is 3.08. The Morgan fingerprint density at radius 3 is 2.82 bits per heavy atom. The summed E-state index contributed by atoms with van der Waals surface area (Å²) in [5.41, 5.74) is -0.00331. The van der Waals surface area contributed by atoms with E-state index in [1.807, 2.05) is 0 Å². The molecule has 1 rings (SSSR count). The first kappa shape index (κ1) is 8.35. The van der Waals surface area contributed by atoms with Gasteiger partial charge >= 0.3 is 5.69 Å².